The topological polar surface area (TPSA) is 9.23 Å². The fourth-order valence-corrected chi connectivity index (χ4v) is 2.46. The Hall–Kier alpha value is -0.0900. The Kier molecular flexibility index (Phi) is 4.44. The molecule has 0 bridgehead atoms. The first kappa shape index (κ1) is 11.4. The van der Waals surface area contributed by atoms with E-state index in [4.69, 9.17) is 4.74 Å². The van der Waals surface area contributed by atoms with Crippen LogP contribution in [0.1, 0.15) is 31.2 Å². The van der Waals surface area contributed by atoms with Gasteiger partial charge in [-0.3, -0.25) is 0 Å². The minimum Gasteiger partial charge on any atom is -0.376 e. The molecule has 1 aromatic carbocycles. The van der Waals surface area contributed by atoms with Gasteiger partial charge in [0.05, 0.1) is 6.61 Å². The molecule has 0 aromatic heterocycles. The van der Waals surface area contributed by atoms with Crippen LogP contribution in [-0.4, -0.2) is 6.61 Å². The monoisotopic (exact) mass is 316 g/mol. The van der Waals surface area contributed by atoms with Gasteiger partial charge in [0.15, 0.2) is 0 Å². The Morgan fingerprint density at radius 3 is 2.47 bits per heavy atom. The molecule has 2 heteroatoms. The summed E-state index contributed by atoms with van der Waals surface area (Å²) in [5, 5.41) is 0. The highest BCUT2D eigenvalue weighted by atomic mass is 127. The van der Waals surface area contributed by atoms with Crippen molar-refractivity contribution in [2.24, 2.45) is 5.92 Å². The highest BCUT2D eigenvalue weighted by molar-refractivity contribution is 14.1. The highest BCUT2D eigenvalue weighted by Gasteiger charge is 2.14. The van der Waals surface area contributed by atoms with Gasteiger partial charge in [-0.2, -0.15) is 0 Å². The first-order chi connectivity index (χ1) is 7.34. The molecule has 1 aromatic rings. The van der Waals surface area contributed by atoms with Crippen molar-refractivity contribution in [1.82, 2.24) is 0 Å². The van der Waals surface area contributed by atoms with Crippen LogP contribution >= 0.6 is 22.6 Å². The van der Waals surface area contributed by atoms with Crippen LogP contribution in [0.25, 0.3) is 0 Å². The van der Waals surface area contributed by atoms with E-state index in [0.717, 1.165) is 19.1 Å². The zero-order valence-electron chi connectivity index (χ0n) is 8.92. The van der Waals surface area contributed by atoms with Gasteiger partial charge < -0.3 is 4.74 Å². The molecule has 0 spiro atoms. The fraction of sp³-hybridized carbons (Fsp3) is 0.538. The maximum atomic E-state index is 5.74. The zero-order chi connectivity index (χ0) is 10.5. The van der Waals surface area contributed by atoms with E-state index in [2.05, 4.69) is 46.9 Å². The molecule has 0 N–H and O–H groups in total. The highest BCUT2D eigenvalue weighted by Crippen LogP contribution is 2.24. The molecule has 0 amide bonds. The summed E-state index contributed by atoms with van der Waals surface area (Å²) in [5.74, 6) is 0.828. The van der Waals surface area contributed by atoms with Crippen molar-refractivity contribution in [2.45, 2.75) is 32.3 Å². The summed E-state index contributed by atoms with van der Waals surface area (Å²) in [6.07, 6.45) is 5.54. The van der Waals surface area contributed by atoms with E-state index in [1.165, 1.54) is 34.8 Å². The van der Waals surface area contributed by atoms with Gasteiger partial charge in [-0.05, 0) is 59.0 Å². The van der Waals surface area contributed by atoms with Gasteiger partial charge in [-0.15, -0.1) is 0 Å². The Morgan fingerprint density at radius 1 is 1.13 bits per heavy atom. The maximum Gasteiger partial charge on any atom is 0.0717 e. The minimum atomic E-state index is 0.771. The predicted molar refractivity (Wildman–Crippen MR) is 70.8 cm³/mol. The van der Waals surface area contributed by atoms with E-state index in [9.17, 15) is 0 Å². The van der Waals surface area contributed by atoms with Crippen LogP contribution < -0.4 is 0 Å². The lowest BCUT2D eigenvalue weighted by atomic mass is 10.1. The van der Waals surface area contributed by atoms with Crippen LogP contribution in [0.3, 0.4) is 0 Å². The van der Waals surface area contributed by atoms with Gasteiger partial charge >= 0.3 is 0 Å². The summed E-state index contributed by atoms with van der Waals surface area (Å²) in [7, 11) is 0. The van der Waals surface area contributed by atoms with E-state index in [1.807, 2.05) is 0 Å². The van der Waals surface area contributed by atoms with Crippen LogP contribution in [-0.2, 0) is 11.3 Å². The average molecular weight is 316 g/mol. The van der Waals surface area contributed by atoms with Crippen molar-refractivity contribution in [1.29, 1.82) is 0 Å². The lowest BCUT2D eigenvalue weighted by molar-refractivity contribution is 0.0889. The first-order valence-electron chi connectivity index (χ1n) is 5.67. The molecule has 0 unspecified atom stereocenters. The van der Waals surface area contributed by atoms with Gasteiger partial charge in [0.25, 0.3) is 0 Å². The fourth-order valence-electron chi connectivity index (χ4n) is 2.10. The third-order valence-electron chi connectivity index (χ3n) is 3.01. The second kappa shape index (κ2) is 5.85. The summed E-state index contributed by atoms with van der Waals surface area (Å²) in [5.41, 5.74) is 1.29. The third-order valence-corrected chi connectivity index (χ3v) is 3.73. The van der Waals surface area contributed by atoms with E-state index < -0.39 is 0 Å². The van der Waals surface area contributed by atoms with Gasteiger partial charge in [0.1, 0.15) is 0 Å². The summed E-state index contributed by atoms with van der Waals surface area (Å²) < 4.78 is 7.03. The predicted octanol–water partition coefficient (Wildman–Crippen LogP) is 4.00. The zero-order valence-corrected chi connectivity index (χ0v) is 11.1. The van der Waals surface area contributed by atoms with Gasteiger partial charge in [-0.25, -0.2) is 0 Å². The molecule has 1 aliphatic carbocycles. The molecule has 82 valence electrons. The van der Waals surface area contributed by atoms with Gasteiger partial charge in [0.2, 0.25) is 0 Å². The van der Waals surface area contributed by atoms with Crippen LogP contribution in [0.4, 0.5) is 0 Å². The standard InChI is InChI=1S/C13H17IO/c14-13-7-5-12(6-8-13)10-15-9-11-3-1-2-4-11/h5-8,11H,1-4,9-10H2. The number of ether oxygens (including phenoxy) is 1. The lowest BCUT2D eigenvalue weighted by Crippen LogP contribution is -2.05. The summed E-state index contributed by atoms with van der Waals surface area (Å²) in [4.78, 5) is 0. The third kappa shape index (κ3) is 3.76. The van der Waals surface area contributed by atoms with Crippen molar-refractivity contribution >= 4 is 22.6 Å². The number of hydrogen-bond acceptors (Lipinski definition) is 1. The van der Waals surface area contributed by atoms with Crippen LogP contribution in [0, 0.1) is 9.49 Å². The van der Waals surface area contributed by atoms with E-state index in [0.29, 0.717) is 0 Å². The lowest BCUT2D eigenvalue weighted by Gasteiger charge is -2.09. The van der Waals surface area contributed by atoms with Crippen molar-refractivity contribution in [3.63, 3.8) is 0 Å². The first-order valence-corrected chi connectivity index (χ1v) is 6.74. The Labute approximate surface area is 105 Å². The van der Waals surface area contributed by atoms with Crippen molar-refractivity contribution in [3.8, 4) is 0 Å². The largest absolute Gasteiger partial charge is 0.376 e. The molecular formula is C13H17IO. The Bertz CT molecular complexity index is 288. The number of benzene rings is 1. The minimum absolute atomic E-state index is 0.771. The Balaban J connectivity index is 1.71. The molecule has 2 rings (SSSR count). The SMILES string of the molecule is Ic1ccc(COCC2CCCC2)cc1. The molecule has 0 heterocycles. The molecule has 0 atom stereocenters. The number of halogens is 1. The van der Waals surface area contributed by atoms with Crippen LogP contribution in [0.15, 0.2) is 24.3 Å². The maximum absolute atomic E-state index is 5.74. The Morgan fingerprint density at radius 2 is 1.80 bits per heavy atom. The molecular weight excluding hydrogens is 299 g/mol. The van der Waals surface area contributed by atoms with Crippen LogP contribution in [0.2, 0.25) is 0 Å². The molecule has 1 aliphatic rings. The summed E-state index contributed by atoms with van der Waals surface area (Å²) in [6, 6.07) is 8.57. The molecule has 0 saturated heterocycles. The molecule has 15 heavy (non-hydrogen) atoms. The average Bonchev–Trinajstić information content (AvgIpc) is 2.74. The van der Waals surface area contributed by atoms with E-state index in [-0.39, 0.29) is 0 Å². The van der Waals surface area contributed by atoms with Crippen LogP contribution in [0.5, 0.6) is 0 Å². The van der Waals surface area contributed by atoms with Crippen molar-refractivity contribution in [2.75, 3.05) is 6.61 Å². The molecule has 0 aliphatic heterocycles. The van der Waals surface area contributed by atoms with Crippen molar-refractivity contribution in [3.05, 3.63) is 33.4 Å². The van der Waals surface area contributed by atoms with Crippen molar-refractivity contribution < 1.29 is 4.74 Å². The second-order valence-corrected chi connectivity index (χ2v) is 5.54. The summed E-state index contributed by atoms with van der Waals surface area (Å²) in [6.45, 7) is 1.72. The smallest absolute Gasteiger partial charge is 0.0717 e. The van der Waals surface area contributed by atoms with Gasteiger partial charge in [0, 0.05) is 10.2 Å². The normalized spacial score (nSPS) is 17.1. The van der Waals surface area contributed by atoms with Gasteiger partial charge in [-0.1, -0.05) is 25.0 Å². The number of rotatable bonds is 4. The summed E-state index contributed by atoms with van der Waals surface area (Å²) >= 11 is 2.32. The molecule has 1 saturated carbocycles. The molecule has 0 radical (unpaired) electrons. The second-order valence-electron chi connectivity index (χ2n) is 4.29. The van der Waals surface area contributed by atoms with E-state index in [1.54, 1.807) is 0 Å². The van der Waals surface area contributed by atoms with E-state index >= 15 is 0 Å². The quantitative estimate of drug-likeness (QED) is 0.763. The molecule has 1 nitrogen and oxygen atoms in total. The number of hydrogen-bond donors (Lipinski definition) is 0. The molecule has 1 fully saturated rings.